The van der Waals surface area contributed by atoms with Crippen LogP contribution >= 0.6 is 11.8 Å². The molecule has 0 unspecified atom stereocenters. The van der Waals surface area contributed by atoms with Gasteiger partial charge in [0.2, 0.25) is 5.91 Å². The second-order valence-electron chi connectivity index (χ2n) is 10.7. The number of hydrogen-bond acceptors (Lipinski definition) is 6. The van der Waals surface area contributed by atoms with Gasteiger partial charge in [0.05, 0.1) is 17.1 Å². The smallest absolute Gasteiger partial charge is 0.406 e. The topological polar surface area (TPSA) is 102 Å². The quantitative estimate of drug-likeness (QED) is 0.189. The second-order valence-corrected chi connectivity index (χ2v) is 11.7. The number of benzene rings is 3. The van der Waals surface area contributed by atoms with Crippen molar-refractivity contribution in [1.29, 1.82) is 0 Å². The van der Waals surface area contributed by atoms with Crippen LogP contribution in [0, 0.1) is 6.92 Å². The lowest BCUT2D eigenvalue weighted by Gasteiger charge is -2.22. The summed E-state index contributed by atoms with van der Waals surface area (Å²) in [5, 5.41) is 7.58. The summed E-state index contributed by atoms with van der Waals surface area (Å²) in [6.07, 6.45) is 1.16. The molecule has 13 heteroatoms. The van der Waals surface area contributed by atoms with Gasteiger partial charge in [-0.25, -0.2) is 14.5 Å². The molecule has 0 aliphatic carbocycles. The van der Waals surface area contributed by atoms with Gasteiger partial charge in [0.25, 0.3) is 0 Å². The molecule has 1 aromatic heterocycles. The van der Waals surface area contributed by atoms with Crippen LogP contribution in [0.15, 0.2) is 84.1 Å². The van der Waals surface area contributed by atoms with Crippen LogP contribution in [0.25, 0.3) is 23.2 Å². The number of amidine groups is 1. The number of urea groups is 1. The number of nitrogens with one attached hydrogen (secondary N) is 1. The number of halogens is 3. The first-order chi connectivity index (χ1) is 22.0. The molecule has 1 fully saturated rings. The molecule has 0 atom stereocenters. The number of anilines is 1. The maximum atomic E-state index is 12.7. The van der Waals surface area contributed by atoms with Gasteiger partial charge < -0.3 is 10.1 Å². The fraction of sp³-hybridized carbons (Fsp3) is 0.242. The van der Waals surface area contributed by atoms with E-state index in [-0.39, 0.29) is 23.3 Å². The van der Waals surface area contributed by atoms with Crippen molar-refractivity contribution < 1.29 is 27.5 Å². The lowest BCUT2D eigenvalue weighted by atomic mass is 9.99. The van der Waals surface area contributed by atoms with Gasteiger partial charge in [0.15, 0.2) is 11.0 Å². The summed E-state index contributed by atoms with van der Waals surface area (Å²) in [7, 11) is 0. The highest BCUT2D eigenvalue weighted by Gasteiger charge is 2.33. The SMILES string of the molecule is Cc1ccc(C(C)C)c(N2C(=O)CSC2=NC(=O)NCC/C=C\c2ccc(-c3ncn(-c4ccc(OC(F)(F)F)cc4)n3)cc2)c1. The molecule has 2 heterocycles. The minimum absolute atomic E-state index is 0.102. The van der Waals surface area contributed by atoms with Crippen molar-refractivity contribution in [3.8, 4) is 22.8 Å². The van der Waals surface area contributed by atoms with Gasteiger partial charge in [-0.05, 0) is 66.3 Å². The number of aliphatic imine (C=N–C) groups is 1. The van der Waals surface area contributed by atoms with Crippen LogP contribution in [0.2, 0.25) is 0 Å². The van der Waals surface area contributed by atoms with E-state index < -0.39 is 12.4 Å². The van der Waals surface area contributed by atoms with Crippen LogP contribution in [0.5, 0.6) is 5.75 Å². The van der Waals surface area contributed by atoms with Crippen LogP contribution in [-0.2, 0) is 4.79 Å². The summed E-state index contributed by atoms with van der Waals surface area (Å²) < 4.78 is 42.6. The molecule has 3 amide bonds. The summed E-state index contributed by atoms with van der Waals surface area (Å²) in [6, 6.07) is 18.4. The Morgan fingerprint density at radius 3 is 2.54 bits per heavy atom. The normalized spacial score (nSPS) is 14.5. The lowest BCUT2D eigenvalue weighted by Crippen LogP contribution is -2.32. The molecule has 9 nitrogen and oxygen atoms in total. The average Bonchev–Trinajstić information content (AvgIpc) is 3.64. The second kappa shape index (κ2) is 14.0. The highest BCUT2D eigenvalue weighted by molar-refractivity contribution is 8.15. The van der Waals surface area contributed by atoms with Crippen LogP contribution in [-0.4, -0.2) is 50.5 Å². The molecule has 46 heavy (non-hydrogen) atoms. The molecule has 3 aromatic carbocycles. The fourth-order valence-electron chi connectivity index (χ4n) is 4.69. The Hall–Kier alpha value is -4.91. The average molecular weight is 649 g/mol. The first-order valence-corrected chi connectivity index (χ1v) is 15.4. The molecule has 1 aliphatic heterocycles. The molecule has 4 aromatic rings. The maximum Gasteiger partial charge on any atom is 0.573 e. The van der Waals surface area contributed by atoms with Gasteiger partial charge in [-0.1, -0.05) is 74.2 Å². The van der Waals surface area contributed by atoms with E-state index in [2.05, 4.69) is 39.0 Å². The number of hydrogen-bond donors (Lipinski definition) is 1. The van der Waals surface area contributed by atoms with Crippen molar-refractivity contribution in [2.24, 2.45) is 4.99 Å². The van der Waals surface area contributed by atoms with Crippen molar-refractivity contribution in [2.45, 2.75) is 39.5 Å². The number of thioether (sulfide) groups is 1. The van der Waals surface area contributed by atoms with E-state index in [0.717, 1.165) is 27.9 Å². The standard InChI is InChI=1S/C33H31F3N6O3S/c1-21(2)27-16-7-22(3)18-28(27)42-29(43)19-46-32(42)39-31(44)37-17-5-4-6-23-8-10-24(11-9-23)30-38-20-41(40-30)25-12-14-26(15-13-25)45-33(34,35)36/h4,6-16,18,20-21H,5,17,19H2,1-3H3,(H,37,44)/b6-4-,39-32?. The first kappa shape index (κ1) is 32.5. The lowest BCUT2D eigenvalue weighted by molar-refractivity contribution is -0.274. The monoisotopic (exact) mass is 648 g/mol. The Morgan fingerprint density at radius 1 is 1.11 bits per heavy atom. The Kier molecular flexibility index (Phi) is 9.90. The Morgan fingerprint density at radius 2 is 1.85 bits per heavy atom. The molecule has 0 spiro atoms. The number of aromatic nitrogens is 3. The van der Waals surface area contributed by atoms with E-state index >= 15 is 0 Å². The predicted molar refractivity (Wildman–Crippen MR) is 173 cm³/mol. The molecule has 1 N–H and O–H groups in total. The number of amides is 3. The molecular weight excluding hydrogens is 617 g/mol. The van der Waals surface area contributed by atoms with Gasteiger partial charge in [0.1, 0.15) is 12.1 Å². The minimum atomic E-state index is -4.75. The van der Waals surface area contributed by atoms with Gasteiger partial charge in [0, 0.05) is 12.1 Å². The van der Waals surface area contributed by atoms with Crippen molar-refractivity contribution in [3.63, 3.8) is 0 Å². The van der Waals surface area contributed by atoms with E-state index in [1.807, 2.05) is 61.5 Å². The highest BCUT2D eigenvalue weighted by atomic mass is 32.2. The largest absolute Gasteiger partial charge is 0.573 e. The van der Waals surface area contributed by atoms with Crippen LogP contribution in [0.1, 0.15) is 42.9 Å². The predicted octanol–water partition coefficient (Wildman–Crippen LogP) is 7.51. The molecule has 5 rings (SSSR count). The van der Waals surface area contributed by atoms with E-state index in [1.54, 1.807) is 4.90 Å². The van der Waals surface area contributed by atoms with Crippen molar-refractivity contribution in [3.05, 3.63) is 95.8 Å². The Bertz CT molecular complexity index is 1770. The number of nitrogens with zero attached hydrogens (tertiary/aromatic N) is 5. The van der Waals surface area contributed by atoms with E-state index in [9.17, 15) is 22.8 Å². The minimum Gasteiger partial charge on any atom is -0.406 e. The van der Waals surface area contributed by atoms with E-state index in [1.165, 1.54) is 47.0 Å². The molecule has 0 radical (unpaired) electrons. The zero-order valence-electron chi connectivity index (χ0n) is 25.3. The summed E-state index contributed by atoms with van der Waals surface area (Å²) in [5.74, 6) is 0.471. The molecule has 1 saturated heterocycles. The molecule has 0 bridgehead atoms. The van der Waals surface area contributed by atoms with Gasteiger partial charge >= 0.3 is 12.4 Å². The number of carbonyl (C=O) groups excluding carboxylic acids is 2. The zero-order chi connectivity index (χ0) is 32.8. The number of aryl methyl sites for hydroxylation is 1. The summed E-state index contributed by atoms with van der Waals surface area (Å²) in [4.78, 5) is 35.4. The molecule has 0 saturated carbocycles. The summed E-state index contributed by atoms with van der Waals surface area (Å²) >= 11 is 1.25. The zero-order valence-corrected chi connectivity index (χ0v) is 26.1. The molecule has 1 aliphatic rings. The van der Waals surface area contributed by atoms with Crippen molar-refractivity contribution in [1.82, 2.24) is 20.1 Å². The molecule has 238 valence electrons. The number of alkyl halides is 3. The van der Waals surface area contributed by atoms with E-state index in [0.29, 0.717) is 29.6 Å². The highest BCUT2D eigenvalue weighted by Crippen LogP contribution is 2.34. The number of carbonyl (C=O) groups is 2. The maximum absolute atomic E-state index is 12.7. The number of rotatable bonds is 9. The third-order valence-electron chi connectivity index (χ3n) is 6.90. The van der Waals surface area contributed by atoms with Crippen LogP contribution in [0.4, 0.5) is 23.7 Å². The van der Waals surface area contributed by atoms with Crippen molar-refractivity contribution in [2.75, 3.05) is 17.2 Å². The summed E-state index contributed by atoms with van der Waals surface area (Å²) in [5.41, 5.74) is 5.04. The van der Waals surface area contributed by atoms with Crippen LogP contribution in [0.3, 0.4) is 0 Å². The fourth-order valence-corrected chi connectivity index (χ4v) is 5.55. The van der Waals surface area contributed by atoms with Gasteiger partial charge in [-0.15, -0.1) is 18.3 Å². The third kappa shape index (κ3) is 8.21. The molecular formula is C33H31F3N6O3S. The van der Waals surface area contributed by atoms with Gasteiger partial charge in [-0.3, -0.25) is 9.69 Å². The Labute approximate surface area is 268 Å². The summed E-state index contributed by atoms with van der Waals surface area (Å²) in [6.45, 7) is 6.46. The van der Waals surface area contributed by atoms with Gasteiger partial charge in [-0.2, -0.15) is 4.99 Å². The van der Waals surface area contributed by atoms with Crippen LogP contribution < -0.4 is 15.0 Å². The third-order valence-corrected chi connectivity index (χ3v) is 7.83. The number of ether oxygens (including phenoxy) is 1. The first-order valence-electron chi connectivity index (χ1n) is 14.4. The van der Waals surface area contributed by atoms with E-state index in [4.69, 9.17) is 0 Å². The van der Waals surface area contributed by atoms with Crippen molar-refractivity contribution >= 4 is 40.6 Å². The Balaban J connectivity index is 1.13.